The molecule has 0 aliphatic rings. The number of unbranched alkanes of at least 4 members (excludes halogenated alkanes) is 27. The highest BCUT2D eigenvalue weighted by atomic mass is 16.6. The number of carbonyl (C=O) groups is 3. The predicted octanol–water partition coefficient (Wildman–Crippen LogP) is 18.6. The Labute approximate surface area is 408 Å². The molecule has 0 aliphatic heterocycles. The molecule has 0 saturated carbocycles. The lowest BCUT2D eigenvalue weighted by molar-refractivity contribution is -0.167. The van der Waals surface area contributed by atoms with Gasteiger partial charge in [0.15, 0.2) is 6.10 Å². The molecule has 0 aromatic rings. The average Bonchev–Trinajstić information content (AvgIpc) is 3.31. The summed E-state index contributed by atoms with van der Waals surface area (Å²) in [7, 11) is 0. The highest BCUT2D eigenvalue weighted by molar-refractivity contribution is 5.71. The van der Waals surface area contributed by atoms with E-state index in [4.69, 9.17) is 14.2 Å². The standard InChI is InChI=1S/C60H104O6/c1-4-7-10-13-16-19-21-23-25-26-27-28-29-30-31-32-33-34-35-37-38-41-44-47-50-53-59(62)65-56-57(55-64-58(61)52-49-46-43-40-18-15-12-9-6-3)66-60(63)54-51-48-45-42-39-36-24-22-20-17-14-11-8-5-2/h7,10,16,19,22-25,27-28,30-31,57H,4-6,8-9,11-15,17-18,20-21,26,29,32-56H2,1-3H3/b10-7-,19-16-,24-22-,25-23-,28-27-,31-30-. The third kappa shape index (κ3) is 51.8. The van der Waals surface area contributed by atoms with Gasteiger partial charge in [-0.15, -0.1) is 0 Å². The summed E-state index contributed by atoms with van der Waals surface area (Å²) in [5.74, 6) is -0.891. The first-order valence-corrected chi connectivity index (χ1v) is 27.9. The van der Waals surface area contributed by atoms with E-state index in [1.165, 1.54) is 122 Å². The van der Waals surface area contributed by atoms with Crippen LogP contribution in [0.5, 0.6) is 0 Å². The van der Waals surface area contributed by atoms with Crippen LogP contribution in [0.3, 0.4) is 0 Å². The van der Waals surface area contributed by atoms with Crippen LogP contribution in [-0.2, 0) is 28.6 Å². The van der Waals surface area contributed by atoms with Crippen LogP contribution in [-0.4, -0.2) is 37.2 Å². The molecule has 6 heteroatoms. The van der Waals surface area contributed by atoms with Crippen molar-refractivity contribution in [3.63, 3.8) is 0 Å². The van der Waals surface area contributed by atoms with E-state index in [2.05, 4.69) is 93.7 Å². The normalized spacial score (nSPS) is 12.6. The summed E-state index contributed by atoms with van der Waals surface area (Å²) in [6.07, 6.45) is 69.0. The third-order valence-electron chi connectivity index (χ3n) is 11.9. The van der Waals surface area contributed by atoms with E-state index in [9.17, 15) is 14.4 Å². The Morgan fingerprint density at radius 2 is 0.591 bits per heavy atom. The molecule has 6 nitrogen and oxygen atoms in total. The fraction of sp³-hybridized carbons (Fsp3) is 0.750. The van der Waals surface area contributed by atoms with Crippen LogP contribution in [0, 0.1) is 0 Å². The lowest BCUT2D eigenvalue weighted by Crippen LogP contribution is -2.30. The van der Waals surface area contributed by atoms with Crippen molar-refractivity contribution in [2.45, 2.75) is 277 Å². The van der Waals surface area contributed by atoms with Crippen LogP contribution in [0.25, 0.3) is 0 Å². The first-order valence-electron chi connectivity index (χ1n) is 27.9. The minimum absolute atomic E-state index is 0.0785. The summed E-state index contributed by atoms with van der Waals surface area (Å²) >= 11 is 0. The summed E-state index contributed by atoms with van der Waals surface area (Å²) in [6.45, 7) is 6.49. The molecular formula is C60H104O6. The van der Waals surface area contributed by atoms with Gasteiger partial charge < -0.3 is 14.2 Å². The van der Waals surface area contributed by atoms with Crippen LogP contribution in [0.4, 0.5) is 0 Å². The number of carbonyl (C=O) groups excluding carboxylic acids is 3. The molecule has 1 unspecified atom stereocenters. The molecule has 0 aliphatic carbocycles. The van der Waals surface area contributed by atoms with Gasteiger partial charge in [0.1, 0.15) is 13.2 Å². The molecule has 0 aromatic heterocycles. The molecule has 0 bridgehead atoms. The highest BCUT2D eigenvalue weighted by Crippen LogP contribution is 2.15. The van der Waals surface area contributed by atoms with Crippen molar-refractivity contribution in [1.82, 2.24) is 0 Å². The summed E-state index contributed by atoms with van der Waals surface area (Å²) in [4.78, 5) is 38.0. The zero-order valence-electron chi connectivity index (χ0n) is 43.4. The van der Waals surface area contributed by atoms with Crippen LogP contribution in [0.15, 0.2) is 72.9 Å². The molecule has 0 rings (SSSR count). The number of rotatable bonds is 50. The highest BCUT2D eigenvalue weighted by Gasteiger charge is 2.19. The number of hydrogen-bond donors (Lipinski definition) is 0. The third-order valence-corrected chi connectivity index (χ3v) is 11.9. The van der Waals surface area contributed by atoms with Crippen molar-refractivity contribution in [2.75, 3.05) is 13.2 Å². The zero-order valence-corrected chi connectivity index (χ0v) is 43.4. The monoisotopic (exact) mass is 921 g/mol. The Bertz CT molecular complexity index is 1240. The van der Waals surface area contributed by atoms with Gasteiger partial charge >= 0.3 is 17.9 Å². The molecule has 0 radical (unpaired) electrons. The SMILES string of the molecule is CC/C=C\C/C=C\C/C=C\C/C=C\C/C=C\CCCCCCCCCCCC(=O)OCC(COC(=O)CCCCCCCCCCC)OC(=O)CCCCCCC/C=C\CCCCCCC. The average molecular weight is 921 g/mol. The Morgan fingerprint density at radius 1 is 0.318 bits per heavy atom. The molecule has 0 N–H and O–H groups in total. The van der Waals surface area contributed by atoms with Gasteiger partial charge in [-0.2, -0.15) is 0 Å². The van der Waals surface area contributed by atoms with E-state index >= 15 is 0 Å². The quantitative estimate of drug-likeness (QED) is 0.0262. The Balaban J connectivity index is 4.24. The van der Waals surface area contributed by atoms with Crippen LogP contribution >= 0.6 is 0 Å². The lowest BCUT2D eigenvalue weighted by Gasteiger charge is -2.18. The minimum atomic E-state index is -0.779. The molecule has 380 valence electrons. The fourth-order valence-electron chi connectivity index (χ4n) is 7.76. The molecule has 1 atom stereocenters. The van der Waals surface area contributed by atoms with Crippen molar-refractivity contribution in [2.24, 2.45) is 0 Å². The van der Waals surface area contributed by atoms with Crippen molar-refractivity contribution in [3.8, 4) is 0 Å². The predicted molar refractivity (Wildman–Crippen MR) is 284 cm³/mol. The summed E-state index contributed by atoms with van der Waals surface area (Å²) in [5.41, 5.74) is 0. The number of hydrogen-bond acceptors (Lipinski definition) is 6. The van der Waals surface area contributed by atoms with E-state index in [-0.39, 0.29) is 31.1 Å². The van der Waals surface area contributed by atoms with E-state index in [0.717, 1.165) is 109 Å². The number of ether oxygens (including phenoxy) is 3. The van der Waals surface area contributed by atoms with Crippen molar-refractivity contribution >= 4 is 17.9 Å². The summed E-state index contributed by atoms with van der Waals surface area (Å²) in [5, 5.41) is 0. The van der Waals surface area contributed by atoms with Gasteiger partial charge in [-0.1, -0.05) is 235 Å². The van der Waals surface area contributed by atoms with Crippen LogP contribution in [0.1, 0.15) is 271 Å². The molecule has 66 heavy (non-hydrogen) atoms. The van der Waals surface area contributed by atoms with Gasteiger partial charge in [-0.3, -0.25) is 14.4 Å². The Morgan fingerprint density at radius 3 is 0.939 bits per heavy atom. The van der Waals surface area contributed by atoms with Crippen LogP contribution < -0.4 is 0 Å². The van der Waals surface area contributed by atoms with E-state index in [1.54, 1.807) is 0 Å². The zero-order chi connectivity index (χ0) is 47.9. The second-order valence-corrected chi connectivity index (χ2v) is 18.5. The smallest absolute Gasteiger partial charge is 0.306 e. The van der Waals surface area contributed by atoms with Crippen molar-refractivity contribution in [3.05, 3.63) is 72.9 Å². The van der Waals surface area contributed by atoms with Gasteiger partial charge in [0.05, 0.1) is 0 Å². The maximum atomic E-state index is 12.8. The Kier molecular flexibility index (Phi) is 51.9. The van der Waals surface area contributed by atoms with Gasteiger partial charge in [-0.25, -0.2) is 0 Å². The largest absolute Gasteiger partial charge is 0.462 e. The maximum absolute atomic E-state index is 12.8. The molecule has 0 fully saturated rings. The first kappa shape index (κ1) is 62.8. The van der Waals surface area contributed by atoms with E-state index < -0.39 is 6.10 Å². The molecule has 0 spiro atoms. The molecule has 0 amide bonds. The van der Waals surface area contributed by atoms with Gasteiger partial charge in [-0.05, 0) is 89.9 Å². The fourth-order valence-corrected chi connectivity index (χ4v) is 7.76. The van der Waals surface area contributed by atoms with Gasteiger partial charge in [0.25, 0.3) is 0 Å². The summed E-state index contributed by atoms with van der Waals surface area (Å²) < 4.78 is 16.8. The lowest BCUT2D eigenvalue weighted by atomic mass is 10.1. The number of esters is 3. The second kappa shape index (κ2) is 54.5. The first-order chi connectivity index (χ1) is 32.5. The molecule has 0 saturated heterocycles. The molecule has 0 heterocycles. The summed E-state index contributed by atoms with van der Waals surface area (Å²) in [6, 6.07) is 0. The van der Waals surface area contributed by atoms with Crippen molar-refractivity contribution < 1.29 is 28.6 Å². The van der Waals surface area contributed by atoms with E-state index in [0.29, 0.717) is 19.3 Å². The van der Waals surface area contributed by atoms with Gasteiger partial charge in [0, 0.05) is 19.3 Å². The topological polar surface area (TPSA) is 78.9 Å². The molecular weight excluding hydrogens is 817 g/mol. The molecule has 0 aromatic carbocycles. The van der Waals surface area contributed by atoms with Crippen LogP contribution in [0.2, 0.25) is 0 Å². The minimum Gasteiger partial charge on any atom is -0.462 e. The van der Waals surface area contributed by atoms with E-state index in [1.807, 2.05) is 0 Å². The maximum Gasteiger partial charge on any atom is 0.306 e. The Hall–Kier alpha value is -3.15. The number of allylic oxidation sites excluding steroid dienone is 12. The second-order valence-electron chi connectivity index (χ2n) is 18.5. The van der Waals surface area contributed by atoms with Crippen molar-refractivity contribution in [1.29, 1.82) is 0 Å². The van der Waals surface area contributed by atoms with Gasteiger partial charge in [0.2, 0.25) is 0 Å².